The summed E-state index contributed by atoms with van der Waals surface area (Å²) in [6, 6.07) is 0. The zero-order valence-electron chi connectivity index (χ0n) is 12.9. The molecule has 0 aromatic heterocycles. The summed E-state index contributed by atoms with van der Waals surface area (Å²) in [5.41, 5.74) is 5.95. The molecular formula is C20H26. The van der Waals surface area contributed by atoms with Gasteiger partial charge in [0.15, 0.2) is 0 Å². The molecule has 106 valence electrons. The van der Waals surface area contributed by atoms with Crippen molar-refractivity contribution in [3.63, 3.8) is 0 Å². The molecule has 20 heavy (non-hydrogen) atoms. The number of hydrogen-bond donors (Lipinski definition) is 0. The molecule has 0 radical (unpaired) electrons. The van der Waals surface area contributed by atoms with Crippen LogP contribution in [0.15, 0.2) is 71.9 Å². The summed E-state index contributed by atoms with van der Waals surface area (Å²) in [5.74, 6) is 0. The quantitative estimate of drug-likeness (QED) is 0.542. The van der Waals surface area contributed by atoms with Gasteiger partial charge >= 0.3 is 0 Å². The molecular weight excluding hydrogens is 240 g/mol. The summed E-state index contributed by atoms with van der Waals surface area (Å²) in [6.45, 7) is 12.3. The number of rotatable bonds is 4. The molecule has 1 fully saturated rings. The molecule has 0 amide bonds. The van der Waals surface area contributed by atoms with E-state index < -0.39 is 0 Å². The van der Waals surface area contributed by atoms with Gasteiger partial charge < -0.3 is 0 Å². The van der Waals surface area contributed by atoms with E-state index in [0.717, 1.165) is 0 Å². The fourth-order valence-corrected chi connectivity index (χ4v) is 3.89. The maximum atomic E-state index is 4.11. The minimum atomic E-state index is 0.246. The first-order valence-corrected chi connectivity index (χ1v) is 7.72. The van der Waals surface area contributed by atoms with Crippen LogP contribution in [0, 0.1) is 5.41 Å². The third kappa shape index (κ3) is 2.28. The molecule has 0 bridgehead atoms. The van der Waals surface area contributed by atoms with Crippen molar-refractivity contribution in [2.75, 3.05) is 0 Å². The molecule has 0 aromatic rings. The summed E-state index contributed by atoms with van der Waals surface area (Å²) in [7, 11) is 0. The second-order valence-electron chi connectivity index (χ2n) is 5.81. The Bertz CT molecular complexity index is 514. The van der Waals surface area contributed by atoms with Crippen LogP contribution in [0.4, 0.5) is 0 Å². The predicted molar refractivity (Wildman–Crippen MR) is 89.6 cm³/mol. The lowest BCUT2D eigenvalue weighted by Gasteiger charge is -2.37. The highest BCUT2D eigenvalue weighted by atomic mass is 14.5. The largest absolute Gasteiger partial charge is 0.0991 e. The molecule has 0 aliphatic heterocycles. The van der Waals surface area contributed by atoms with Crippen LogP contribution in [0.1, 0.15) is 46.0 Å². The zero-order valence-corrected chi connectivity index (χ0v) is 12.9. The molecule has 2 rings (SSSR count). The molecule has 0 heterocycles. The highest BCUT2D eigenvalue weighted by molar-refractivity contribution is 5.64. The van der Waals surface area contributed by atoms with E-state index in [-0.39, 0.29) is 5.41 Å². The second kappa shape index (κ2) is 6.26. The molecule has 0 saturated heterocycles. The fraction of sp³-hybridized carbons (Fsp3) is 0.400. The average molecular weight is 266 g/mol. The minimum absolute atomic E-state index is 0.246. The number of hydrogen-bond acceptors (Lipinski definition) is 0. The summed E-state index contributed by atoms with van der Waals surface area (Å²) < 4.78 is 0. The summed E-state index contributed by atoms with van der Waals surface area (Å²) in [6.07, 6.45) is 19.2. The van der Waals surface area contributed by atoms with E-state index in [2.05, 4.69) is 51.3 Å². The second-order valence-corrected chi connectivity index (χ2v) is 5.81. The Kier molecular flexibility index (Phi) is 4.65. The molecule has 0 heteroatoms. The monoisotopic (exact) mass is 266 g/mol. The molecule has 0 aromatic carbocycles. The van der Waals surface area contributed by atoms with Crippen molar-refractivity contribution >= 4 is 0 Å². The third-order valence-electron chi connectivity index (χ3n) is 4.86. The van der Waals surface area contributed by atoms with Gasteiger partial charge in [-0.05, 0) is 43.4 Å². The van der Waals surface area contributed by atoms with E-state index >= 15 is 0 Å². The molecule has 0 unspecified atom stereocenters. The Balaban J connectivity index is 2.61. The maximum absolute atomic E-state index is 4.11. The molecule has 2 aliphatic rings. The van der Waals surface area contributed by atoms with Crippen LogP contribution in [0.5, 0.6) is 0 Å². The van der Waals surface area contributed by atoms with Gasteiger partial charge in [0.25, 0.3) is 0 Å². The SMILES string of the molecule is C=C/C=C\C1=C(C)C2(CCCCC2)C(C=C)=C1/C=C\C. The Labute approximate surface area is 124 Å². The van der Waals surface area contributed by atoms with Crippen molar-refractivity contribution in [3.8, 4) is 0 Å². The van der Waals surface area contributed by atoms with E-state index in [1.807, 2.05) is 12.2 Å². The fourth-order valence-electron chi connectivity index (χ4n) is 3.89. The van der Waals surface area contributed by atoms with Gasteiger partial charge in [0, 0.05) is 5.41 Å². The topological polar surface area (TPSA) is 0 Å². The van der Waals surface area contributed by atoms with Gasteiger partial charge in [0.05, 0.1) is 0 Å². The molecule has 0 atom stereocenters. The minimum Gasteiger partial charge on any atom is -0.0991 e. The van der Waals surface area contributed by atoms with Crippen molar-refractivity contribution in [2.24, 2.45) is 5.41 Å². The van der Waals surface area contributed by atoms with Crippen LogP contribution in [0.2, 0.25) is 0 Å². The molecule has 2 aliphatic carbocycles. The average Bonchev–Trinajstić information content (AvgIpc) is 2.67. The van der Waals surface area contributed by atoms with Crippen LogP contribution in [0.25, 0.3) is 0 Å². The van der Waals surface area contributed by atoms with E-state index in [4.69, 9.17) is 0 Å². The number of allylic oxidation sites excluding steroid dienone is 10. The lowest BCUT2D eigenvalue weighted by molar-refractivity contribution is 0.299. The van der Waals surface area contributed by atoms with Crippen molar-refractivity contribution in [3.05, 3.63) is 71.9 Å². The van der Waals surface area contributed by atoms with Crippen molar-refractivity contribution < 1.29 is 0 Å². The normalized spacial score (nSPS) is 22.5. The molecule has 0 nitrogen and oxygen atoms in total. The van der Waals surface area contributed by atoms with Gasteiger partial charge in [-0.3, -0.25) is 0 Å². The van der Waals surface area contributed by atoms with Gasteiger partial charge in [-0.15, -0.1) is 0 Å². The van der Waals surface area contributed by atoms with Crippen LogP contribution >= 0.6 is 0 Å². The van der Waals surface area contributed by atoms with E-state index in [1.165, 1.54) is 54.4 Å². The summed E-state index contributed by atoms with van der Waals surface area (Å²) in [4.78, 5) is 0. The van der Waals surface area contributed by atoms with Gasteiger partial charge in [-0.1, -0.05) is 74.4 Å². The predicted octanol–water partition coefficient (Wildman–Crippen LogP) is 6.07. The summed E-state index contributed by atoms with van der Waals surface area (Å²) >= 11 is 0. The molecule has 1 saturated carbocycles. The van der Waals surface area contributed by atoms with Crippen molar-refractivity contribution in [1.82, 2.24) is 0 Å². The van der Waals surface area contributed by atoms with Crippen LogP contribution in [0.3, 0.4) is 0 Å². The van der Waals surface area contributed by atoms with Gasteiger partial charge in [0.1, 0.15) is 0 Å². The van der Waals surface area contributed by atoms with E-state index in [0.29, 0.717) is 0 Å². The molecule has 1 spiro atoms. The molecule has 0 N–H and O–H groups in total. The first-order valence-electron chi connectivity index (χ1n) is 7.72. The van der Waals surface area contributed by atoms with Crippen molar-refractivity contribution in [1.29, 1.82) is 0 Å². The van der Waals surface area contributed by atoms with Crippen LogP contribution < -0.4 is 0 Å². The third-order valence-corrected chi connectivity index (χ3v) is 4.86. The van der Waals surface area contributed by atoms with Gasteiger partial charge in [0.2, 0.25) is 0 Å². The van der Waals surface area contributed by atoms with Gasteiger partial charge in [-0.2, -0.15) is 0 Å². The van der Waals surface area contributed by atoms with Crippen LogP contribution in [-0.4, -0.2) is 0 Å². The summed E-state index contributed by atoms with van der Waals surface area (Å²) in [5, 5.41) is 0. The highest BCUT2D eigenvalue weighted by Gasteiger charge is 2.42. The smallest absolute Gasteiger partial charge is 0.0174 e. The Morgan fingerprint density at radius 1 is 1.00 bits per heavy atom. The Hall–Kier alpha value is -1.56. The standard InChI is InChI=1S/C20H26/c1-5-8-13-17-16(4)20(14-10-9-11-15-20)19(7-3)18(17)12-6-2/h5-8,12-13H,1,3,9-11,14-15H2,2,4H3/b12-6-,13-8-. The Morgan fingerprint density at radius 2 is 1.70 bits per heavy atom. The first-order chi connectivity index (χ1) is 9.71. The first kappa shape index (κ1) is 14.8. The zero-order chi connectivity index (χ0) is 14.6. The van der Waals surface area contributed by atoms with Gasteiger partial charge in [-0.25, -0.2) is 0 Å². The van der Waals surface area contributed by atoms with E-state index in [9.17, 15) is 0 Å². The lowest BCUT2D eigenvalue weighted by atomic mass is 9.66. The van der Waals surface area contributed by atoms with Crippen LogP contribution in [-0.2, 0) is 0 Å². The maximum Gasteiger partial charge on any atom is 0.0174 e. The lowest BCUT2D eigenvalue weighted by Crippen LogP contribution is -2.25. The highest BCUT2D eigenvalue weighted by Crippen LogP contribution is 2.56. The van der Waals surface area contributed by atoms with Crippen molar-refractivity contribution in [2.45, 2.75) is 46.0 Å². The Morgan fingerprint density at radius 3 is 2.25 bits per heavy atom. The van der Waals surface area contributed by atoms with E-state index in [1.54, 1.807) is 0 Å².